The third-order valence-corrected chi connectivity index (χ3v) is 5.71. The number of aromatic nitrogens is 5. The molecule has 1 saturated heterocycles. The number of thiophene rings is 1. The highest BCUT2D eigenvalue weighted by Gasteiger charge is 2.31. The van der Waals surface area contributed by atoms with Gasteiger partial charge in [-0.25, -0.2) is 9.36 Å². The molecule has 0 bridgehead atoms. The summed E-state index contributed by atoms with van der Waals surface area (Å²) in [5.74, 6) is -0.208. The standard InChI is InChI=1S/C15H16N6O3S/c1-8-10-11(25-14(8)21-16-5-6-17-21)18-15(24)20(13(10)23)9-4-3-7-19(2)12(9)22/h5-6,9H,3-4,7H2,1-2H3,(H,18,24). The average Bonchev–Trinajstić information content (AvgIpc) is 3.19. The molecule has 9 nitrogen and oxygen atoms in total. The predicted molar refractivity (Wildman–Crippen MR) is 92.3 cm³/mol. The maximum atomic E-state index is 13.0. The summed E-state index contributed by atoms with van der Waals surface area (Å²) in [4.78, 5) is 44.2. The van der Waals surface area contributed by atoms with E-state index in [1.165, 1.54) is 16.1 Å². The van der Waals surface area contributed by atoms with Crippen LogP contribution < -0.4 is 11.2 Å². The van der Waals surface area contributed by atoms with E-state index in [4.69, 9.17) is 0 Å². The van der Waals surface area contributed by atoms with Crippen LogP contribution in [0.1, 0.15) is 24.4 Å². The molecule has 4 rings (SSSR count). The Morgan fingerprint density at radius 1 is 1.24 bits per heavy atom. The first-order valence-electron chi connectivity index (χ1n) is 7.88. The highest BCUT2D eigenvalue weighted by atomic mass is 32.1. The molecule has 0 radical (unpaired) electrons. The molecule has 1 fully saturated rings. The van der Waals surface area contributed by atoms with Crippen molar-refractivity contribution in [3.63, 3.8) is 0 Å². The van der Waals surface area contributed by atoms with E-state index in [0.717, 1.165) is 11.0 Å². The Morgan fingerprint density at radius 3 is 2.68 bits per heavy atom. The zero-order valence-electron chi connectivity index (χ0n) is 13.7. The third kappa shape index (κ3) is 2.32. The van der Waals surface area contributed by atoms with Gasteiger partial charge in [-0.05, 0) is 19.8 Å². The molecule has 1 aliphatic rings. The minimum absolute atomic E-state index is 0.208. The van der Waals surface area contributed by atoms with Crippen LogP contribution >= 0.6 is 11.3 Å². The molecule has 0 spiro atoms. The first-order valence-corrected chi connectivity index (χ1v) is 8.70. The minimum atomic E-state index is -0.759. The number of likely N-dealkylation sites (tertiary alicyclic amines) is 1. The normalized spacial score (nSPS) is 18.2. The molecule has 0 aromatic carbocycles. The van der Waals surface area contributed by atoms with Gasteiger partial charge in [0.25, 0.3) is 5.56 Å². The molecule has 3 aromatic heterocycles. The van der Waals surface area contributed by atoms with Gasteiger partial charge >= 0.3 is 5.69 Å². The zero-order chi connectivity index (χ0) is 17.7. The van der Waals surface area contributed by atoms with Crippen molar-refractivity contribution in [1.82, 2.24) is 29.4 Å². The second-order valence-electron chi connectivity index (χ2n) is 6.08. The van der Waals surface area contributed by atoms with Crippen molar-refractivity contribution >= 4 is 27.5 Å². The number of nitrogens with one attached hydrogen (secondary N) is 1. The highest BCUT2D eigenvalue weighted by molar-refractivity contribution is 7.21. The monoisotopic (exact) mass is 360 g/mol. The predicted octanol–water partition coefficient (Wildman–Crippen LogP) is 0.434. The quantitative estimate of drug-likeness (QED) is 0.713. The van der Waals surface area contributed by atoms with Crippen LogP contribution in [-0.2, 0) is 4.79 Å². The second-order valence-corrected chi connectivity index (χ2v) is 7.08. The fourth-order valence-electron chi connectivity index (χ4n) is 3.26. The van der Waals surface area contributed by atoms with Crippen molar-refractivity contribution in [2.75, 3.05) is 13.6 Å². The number of H-pyrrole nitrogens is 1. The van der Waals surface area contributed by atoms with Gasteiger partial charge in [0, 0.05) is 19.2 Å². The van der Waals surface area contributed by atoms with E-state index < -0.39 is 17.3 Å². The molecular formula is C15H16N6O3S. The Labute approximate surface area is 145 Å². The maximum absolute atomic E-state index is 13.0. The largest absolute Gasteiger partial charge is 0.344 e. The summed E-state index contributed by atoms with van der Waals surface area (Å²) in [6.45, 7) is 2.42. The molecule has 0 aliphatic carbocycles. The van der Waals surface area contributed by atoms with E-state index in [1.54, 1.807) is 31.3 Å². The van der Waals surface area contributed by atoms with Crippen LogP contribution in [0.3, 0.4) is 0 Å². The van der Waals surface area contributed by atoms with Gasteiger partial charge in [-0.1, -0.05) is 11.3 Å². The number of aromatic amines is 1. The number of rotatable bonds is 2. The highest BCUT2D eigenvalue weighted by Crippen LogP contribution is 2.29. The lowest BCUT2D eigenvalue weighted by atomic mass is 10.0. The van der Waals surface area contributed by atoms with Gasteiger partial charge in [-0.2, -0.15) is 10.2 Å². The molecule has 25 heavy (non-hydrogen) atoms. The molecule has 1 N–H and O–H groups in total. The topological polar surface area (TPSA) is 106 Å². The molecule has 130 valence electrons. The van der Waals surface area contributed by atoms with Gasteiger partial charge in [0.1, 0.15) is 15.9 Å². The number of aryl methyl sites for hydroxylation is 1. The second kappa shape index (κ2) is 5.66. The van der Waals surface area contributed by atoms with Crippen LogP contribution in [0.4, 0.5) is 0 Å². The van der Waals surface area contributed by atoms with Gasteiger partial charge in [-0.3, -0.25) is 14.6 Å². The molecule has 1 aliphatic heterocycles. The molecule has 4 heterocycles. The molecule has 3 aromatic rings. The van der Waals surface area contributed by atoms with Crippen molar-refractivity contribution in [2.24, 2.45) is 0 Å². The maximum Gasteiger partial charge on any atom is 0.330 e. The van der Waals surface area contributed by atoms with Gasteiger partial charge in [0.15, 0.2) is 0 Å². The molecular weight excluding hydrogens is 344 g/mol. The fourth-order valence-corrected chi connectivity index (χ4v) is 4.37. The number of likely N-dealkylation sites (N-methyl/N-ethyl adjacent to an activating group) is 1. The first kappa shape index (κ1) is 15.8. The van der Waals surface area contributed by atoms with Gasteiger partial charge in [-0.15, -0.1) is 4.80 Å². The number of nitrogens with zero attached hydrogens (tertiary/aromatic N) is 5. The van der Waals surface area contributed by atoms with Gasteiger partial charge < -0.3 is 4.90 Å². The van der Waals surface area contributed by atoms with Crippen LogP contribution in [0.15, 0.2) is 22.0 Å². The Balaban J connectivity index is 1.96. The lowest BCUT2D eigenvalue weighted by Crippen LogP contribution is -2.47. The Morgan fingerprint density at radius 2 is 1.96 bits per heavy atom. The van der Waals surface area contributed by atoms with Crippen LogP contribution in [-0.4, -0.2) is 48.9 Å². The number of carbonyl (C=O) groups excluding carboxylic acids is 1. The fraction of sp³-hybridized carbons (Fsp3) is 0.400. The summed E-state index contributed by atoms with van der Waals surface area (Å²) in [7, 11) is 1.68. The first-order chi connectivity index (χ1) is 12.0. The summed E-state index contributed by atoms with van der Waals surface area (Å²) < 4.78 is 1.06. The number of carbonyl (C=O) groups is 1. The number of fused-ring (bicyclic) bond motifs is 1. The molecule has 1 amide bonds. The van der Waals surface area contributed by atoms with Gasteiger partial charge in [0.2, 0.25) is 5.91 Å². The smallest absolute Gasteiger partial charge is 0.330 e. The average molecular weight is 360 g/mol. The van der Waals surface area contributed by atoms with Crippen LogP contribution in [0, 0.1) is 6.92 Å². The Bertz CT molecular complexity index is 1080. The van der Waals surface area contributed by atoms with E-state index in [0.29, 0.717) is 33.7 Å². The SMILES string of the molecule is Cc1c(-n2nccn2)sc2[nH]c(=O)n(C3CCCN(C)C3=O)c(=O)c12. The summed E-state index contributed by atoms with van der Waals surface area (Å²) in [6.07, 6.45) is 4.32. The lowest BCUT2D eigenvalue weighted by Gasteiger charge is -2.29. The minimum Gasteiger partial charge on any atom is -0.344 e. The number of amides is 1. The van der Waals surface area contributed by atoms with Crippen molar-refractivity contribution in [2.45, 2.75) is 25.8 Å². The van der Waals surface area contributed by atoms with Crippen molar-refractivity contribution < 1.29 is 4.79 Å². The van der Waals surface area contributed by atoms with E-state index in [1.807, 2.05) is 0 Å². The zero-order valence-corrected chi connectivity index (χ0v) is 14.5. The molecule has 0 saturated carbocycles. The number of hydrogen-bond donors (Lipinski definition) is 1. The lowest BCUT2D eigenvalue weighted by molar-refractivity contribution is -0.136. The van der Waals surface area contributed by atoms with Crippen molar-refractivity contribution in [1.29, 1.82) is 0 Å². The molecule has 10 heteroatoms. The number of piperidine rings is 1. The van der Waals surface area contributed by atoms with Crippen molar-refractivity contribution in [3.8, 4) is 5.00 Å². The van der Waals surface area contributed by atoms with Crippen molar-refractivity contribution in [3.05, 3.63) is 38.8 Å². The van der Waals surface area contributed by atoms with Crippen LogP contribution in [0.25, 0.3) is 15.2 Å². The third-order valence-electron chi connectivity index (χ3n) is 4.54. The molecule has 1 unspecified atom stereocenters. The van der Waals surface area contributed by atoms with Crippen LogP contribution in [0.5, 0.6) is 0 Å². The van der Waals surface area contributed by atoms with E-state index in [-0.39, 0.29) is 5.91 Å². The molecule has 1 atom stereocenters. The summed E-state index contributed by atoms with van der Waals surface area (Å²) in [5.41, 5.74) is -0.324. The van der Waals surface area contributed by atoms with E-state index >= 15 is 0 Å². The number of hydrogen-bond acceptors (Lipinski definition) is 6. The summed E-state index contributed by atoms with van der Waals surface area (Å²) in [6, 6.07) is -0.759. The summed E-state index contributed by atoms with van der Waals surface area (Å²) >= 11 is 1.24. The Kier molecular flexibility index (Phi) is 3.57. The van der Waals surface area contributed by atoms with Gasteiger partial charge in [0.05, 0.1) is 17.8 Å². The Hall–Kier alpha value is -2.75. The van der Waals surface area contributed by atoms with E-state index in [2.05, 4.69) is 15.2 Å². The van der Waals surface area contributed by atoms with Crippen LogP contribution in [0.2, 0.25) is 0 Å². The summed E-state index contributed by atoms with van der Waals surface area (Å²) in [5, 5.41) is 9.23. The van der Waals surface area contributed by atoms with E-state index in [9.17, 15) is 14.4 Å².